The number of carbonyl (C=O) groups is 1. The van der Waals surface area contributed by atoms with Gasteiger partial charge in [-0.1, -0.05) is 5.92 Å². The number of amides is 1. The van der Waals surface area contributed by atoms with Gasteiger partial charge in [0, 0.05) is 13.1 Å². The van der Waals surface area contributed by atoms with E-state index in [4.69, 9.17) is 11.2 Å². The number of ether oxygens (including phenoxy) is 1. The number of rotatable bonds is 2. The first-order valence-corrected chi connectivity index (χ1v) is 4.00. The monoisotopic (exact) mass is 184 g/mol. The van der Waals surface area contributed by atoms with Gasteiger partial charge in [0.15, 0.2) is 0 Å². The second-order valence-corrected chi connectivity index (χ2v) is 2.73. The van der Waals surface area contributed by atoms with Crippen LogP contribution >= 0.6 is 0 Å². The van der Waals surface area contributed by atoms with E-state index in [0.29, 0.717) is 13.1 Å². The van der Waals surface area contributed by atoms with Gasteiger partial charge in [0.05, 0.1) is 6.54 Å². The summed E-state index contributed by atoms with van der Waals surface area (Å²) in [6.45, 7) is 1.06. The Balaban J connectivity index is 2.24. The maximum absolute atomic E-state index is 10.9. The van der Waals surface area contributed by atoms with Crippen molar-refractivity contribution in [1.82, 2.24) is 10.6 Å². The summed E-state index contributed by atoms with van der Waals surface area (Å²) < 4.78 is 4.87. The van der Waals surface area contributed by atoms with E-state index in [-0.39, 0.29) is 6.54 Å². The molecule has 1 rings (SSSR count). The van der Waals surface area contributed by atoms with Gasteiger partial charge in [0.2, 0.25) is 0 Å². The molecule has 0 aromatic rings. The van der Waals surface area contributed by atoms with Crippen LogP contribution in [0.1, 0.15) is 0 Å². The van der Waals surface area contributed by atoms with Gasteiger partial charge in [-0.15, -0.1) is 6.42 Å². The van der Waals surface area contributed by atoms with Crippen LogP contribution in [-0.2, 0) is 4.74 Å². The lowest BCUT2D eigenvalue weighted by Gasteiger charge is -2.14. The summed E-state index contributed by atoms with van der Waals surface area (Å²) in [5.74, 6) is 2.24. The highest BCUT2D eigenvalue weighted by Gasteiger charge is 2.28. The van der Waals surface area contributed by atoms with Crippen molar-refractivity contribution in [2.24, 2.45) is 0 Å². The van der Waals surface area contributed by atoms with E-state index in [0.717, 1.165) is 0 Å². The lowest BCUT2D eigenvalue weighted by Crippen LogP contribution is -2.35. The molecule has 0 unspecified atom stereocenters. The summed E-state index contributed by atoms with van der Waals surface area (Å²) >= 11 is 0. The molecule has 2 atom stereocenters. The number of aliphatic hydroxyl groups excluding tert-OH is 1. The van der Waals surface area contributed by atoms with E-state index >= 15 is 0 Å². The minimum Gasteiger partial charge on any atom is -0.442 e. The van der Waals surface area contributed by atoms with Crippen LogP contribution in [0, 0.1) is 12.3 Å². The van der Waals surface area contributed by atoms with Crippen molar-refractivity contribution >= 4 is 6.09 Å². The molecule has 13 heavy (non-hydrogen) atoms. The van der Waals surface area contributed by atoms with Gasteiger partial charge in [-0.2, -0.15) is 0 Å². The Morgan fingerprint density at radius 2 is 2.54 bits per heavy atom. The second-order valence-electron chi connectivity index (χ2n) is 2.73. The fourth-order valence-corrected chi connectivity index (χ4v) is 1.06. The third kappa shape index (κ3) is 2.93. The summed E-state index contributed by atoms with van der Waals surface area (Å²) in [7, 11) is 0. The molecule has 72 valence electrons. The van der Waals surface area contributed by atoms with Crippen LogP contribution in [0.4, 0.5) is 4.79 Å². The minimum atomic E-state index is -0.628. The molecule has 1 heterocycles. The fraction of sp³-hybridized carbons (Fsp3) is 0.625. The zero-order valence-electron chi connectivity index (χ0n) is 7.12. The number of β-amino-alcohol motifs (C(OH)–C–C–N with tert-alkyl or cyclic N) is 1. The Kier molecular flexibility index (Phi) is 3.55. The molecular weight excluding hydrogens is 172 g/mol. The lowest BCUT2D eigenvalue weighted by molar-refractivity contribution is 0.0335. The number of hydrogen-bond donors (Lipinski definition) is 3. The standard InChI is InChI=1S/C8H12N2O3/c1-2-3-10-8(12)13-7-5-9-4-6(7)11/h1,6-7,9,11H,3-5H2,(H,10,12)/t6-,7-/m0/s1. The van der Waals surface area contributed by atoms with Crippen LogP contribution in [0.5, 0.6) is 0 Å². The molecule has 3 N–H and O–H groups in total. The molecule has 0 aromatic heterocycles. The van der Waals surface area contributed by atoms with Gasteiger partial charge in [-0.3, -0.25) is 0 Å². The highest BCUT2D eigenvalue weighted by molar-refractivity contribution is 5.67. The van der Waals surface area contributed by atoms with E-state index in [1.807, 2.05) is 0 Å². The molecule has 5 heteroatoms. The number of nitrogens with one attached hydrogen (secondary N) is 2. The Bertz CT molecular complexity index is 224. The van der Waals surface area contributed by atoms with Crippen LogP contribution in [0.3, 0.4) is 0 Å². The van der Waals surface area contributed by atoms with Crippen LogP contribution in [-0.4, -0.2) is 43.0 Å². The van der Waals surface area contributed by atoms with E-state index in [9.17, 15) is 9.90 Å². The molecule has 0 bridgehead atoms. The van der Waals surface area contributed by atoms with Crippen LogP contribution in [0.2, 0.25) is 0 Å². The molecule has 5 nitrogen and oxygen atoms in total. The molecule has 0 spiro atoms. The molecule has 1 fully saturated rings. The van der Waals surface area contributed by atoms with Crippen molar-refractivity contribution in [1.29, 1.82) is 0 Å². The first-order valence-electron chi connectivity index (χ1n) is 4.00. The zero-order chi connectivity index (χ0) is 9.68. The first kappa shape index (κ1) is 9.84. The maximum Gasteiger partial charge on any atom is 0.408 e. The fourth-order valence-electron chi connectivity index (χ4n) is 1.06. The van der Waals surface area contributed by atoms with Crippen molar-refractivity contribution in [3.05, 3.63) is 0 Å². The van der Waals surface area contributed by atoms with Crippen molar-refractivity contribution < 1.29 is 14.6 Å². The first-order chi connectivity index (χ1) is 6.24. The van der Waals surface area contributed by atoms with Crippen LogP contribution < -0.4 is 10.6 Å². The number of carbonyl (C=O) groups excluding carboxylic acids is 1. The number of terminal acetylenes is 1. The summed E-state index contributed by atoms with van der Waals surface area (Å²) in [4.78, 5) is 10.9. The van der Waals surface area contributed by atoms with Gasteiger partial charge < -0.3 is 20.5 Å². The largest absolute Gasteiger partial charge is 0.442 e. The molecule has 1 aliphatic heterocycles. The molecular formula is C8H12N2O3. The Morgan fingerprint density at radius 3 is 3.08 bits per heavy atom. The molecule has 0 saturated carbocycles. The zero-order valence-corrected chi connectivity index (χ0v) is 7.12. The van der Waals surface area contributed by atoms with Gasteiger partial charge in [-0.05, 0) is 0 Å². The summed E-state index contributed by atoms with van der Waals surface area (Å²) in [6, 6.07) is 0. The molecule has 0 aromatic carbocycles. The van der Waals surface area contributed by atoms with Gasteiger partial charge >= 0.3 is 6.09 Å². The summed E-state index contributed by atoms with van der Waals surface area (Å²) in [5.41, 5.74) is 0. The second kappa shape index (κ2) is 4.70. The maximum atomic E-state index is 10.9. The average molecular weight is 184 g/mol. The van der Waals surface area contributed by atoms with E-state index in [1.54, 1.807) is 0 Å². The van der Waals surface area contributed by atoms with Gasteiger partial charge in [0.25, 0.3) is 0 Å². The van der Waals surface area contributed by atoms with Crippen LogP contribution in [0.25, 0.3) is 0 Å². The quantitative estimate of drug-likeness (QED) is 0.465. The average Bonchev–Trinajstić information content (AvgIpc) is 2.48. The Hall–Kier alpha value is -1.25. The minimum absolute atomic E-state index is 0.134. The number of alkyl carbamates (subject to hydrolysis) is 1. The van der Waals surface area contributed by atoms with Gasteiger partial charge in [-0.25, -0.2) is 4.79 Å². The van der Waals surface area contributed by atoms with Crippen LogP contribution in [0.15, 0.2) is 0 Å². The Labute approximate surface area is 76.5 Å². The van der Waals surface area contributed by atoms with Crippen molar-refractivity contribution in [2.75, 3.05) is 19.6 Å². The number of hydrogen-bond acceptors (Lipinski definition) is 4. The summed E-state index contributed by atoms with van der Waals surface area (Å²) in [5, 5.41) is 14.5. The van der Waals surface area contributed by atoms with Crippen molar-refractivity contribution in [2.45, 2.75) is 12.2 Å². The molecule has 0 radical (unpaired) electrons. The SMILES string of the molecule is C#CCNC(=O)O[C@H]1CNC[C@@H]1O. The topological polar surface area (TPSA) is 70.6 Å². The van der Waals surface area contributed by atoms with Crippen molar-refractivity contribution in [3.63, 3.8) is 0 Å². The van der Waals surface area contributed by atoms with Gasteiger partial charge in [0.1, 0.15) is 12.2 Å². The third-order valence-electron chi connectivity index (χ3n) is 1.72. The van der Waals surface area contributed by atoms with E-state index in [2.05, 4.69) is 16.6 Å². The highest BCUT2D eigenvalue weighted by atomic mass is 16.6. The molecule has 1 aliphatic rings. The normalized spacial score (nSPS) is 26.5. The Morgan fingerprint density at radius 1 is 1.77 bits per heavy atom. The predicted octanol–water partition coefficient (Wildman–Crippen LogP) is -1.32. The lowest BCUT2D eigenvalue weighted by atomic mass is 10.3. The highest BCUT2D eigenvalue weighted by Crippen LogP contribution is 2.04. The molecule has 1 saturated heterocycles. The third-order valence-corrected chi connectivity index (χ3v) is 1.72. The van der Waals surface area contributed by atoms with E-state index in [1.165, 1.54) is 0 Å². The number of aliphatic hydroxyl groups is 1. The smallest absolute Gasteiger partial charge is 0.408 e. The summed E-state index contributed by atoms with van der Waals surface area (Å²) in [6.07, 6.45) is 3.24. The van der Waals surface area contributed by atoms with E-state index < -0.39 is 18.3 Å². The molecule has 0 aliphatic carbocycles. The molecule has 1 amide bonds. The predicted molar refractivity (Wildman–Crippen MR) is 46.0 cm³/mol. The van der Waals surface area contributed by atoms with Crippen molar-refractivity contribution in [3.8, 4) is 12.3 Å².